The van der Waals surface area contributed by atoms with Crippen molar-refractivity contribution in [1.29, 1.82) is 0 Å². The number of rotatable bonds is 4. The van der Waals surface area contributed by atoms with Gasteiger partial charge in [0.15, 0.2) is 0 Å². The first-order chi connectivity index (χ1) is 14.3. The number of nitrogens with one attached hydrogen (secondary N) is 1. The summed E-state index contributed by atoms with van der Waals surface area (Å²) in [6, 6.07) is 17.6. The van der Waals surface area contributed by atoms with Gasteiger partial charge in [0.2, 0.25) is 5.91 Å². The predicted molar refractivity (Wildman–Crippen MR) is 115 cm³/mol. The number of primary amides is 1. The summed E-state index contributed by atoms with van der Waals surface area (Å²) in [7, 11) is -3.99. The first-order valence-electron chi connectivity index (χ1n) is 8.89. The maximum absolute atomic E-state index is 13.3. The summed E-state index contributed by atoms with van der Waals surface area (Å²) in [5, 5.41) is 3.02. The van der Waals surface area contributed by atoms with Gasteiger partial charge >= 0.3 is 0 Å². The molecule has 2 amide bonds. The molecule has 0 fully saturated rings. The molecule has 9 heteroatoms. The molecule has 0 radical (unpaired) electrons. The fourth-order valence-corrected chi connectivity index (χ4v) is 5.22. The molecular weight excluding hydrogens is 426 g/mol. The van der Waals surface area contributed by atoms with Crippen molar-refractivity contribution in [2.75, 3.05) is 16.2 Å². The average Bonchev–Trinajstić information content (AvgIpc) is 2.71. The van der Waals surface area contributed by atoms with Crippen LogP contribution in [-0.2, 0) is 14.8 Å². The number of para-hydroxylation sites is 1. The lowest BCUT2D eigenvalue weighted by atomic mass is 10.0. The SMILES string of the molecule is NC(=O)c1ccccc1NC(=O)CN1c2ccc(Cl)cc2-c2ccccc2S1(=O)=O. The molecule has 3 aromatic carbocycles. The fourth-order valence-electron chi connectivity index (χ4n) is 3.40. The van der Waals surface area contributed by atoms with Crippen molar-refractivity contribution in [3.63, 3.8) is 0 Å². The molecule has 0 bridgehead atoms. The van der Waals surface area contributed by atoms with E-state index in [0.29, 0.717) is 21.8 Å². The van der Waals surface area contributed by atoms with E-state index in [1.807, 2.05) is 0 Å². The van der Waals surface area contributed by atoms with Crippen molar-refractivity contribution in [1.82, 2.24) is 0 Å². The minimum absolute atomic E-state index is 0.0881. The van der Waals surface area contributed by atoms with Crippen molar-refractivity contribution in [2.24, 2.45) is 5.73 Å². The Labute approximate surface area is 178 Å². The van der Waals surface area contributed by atoms with E-state index >= 15 is 0 Å². The van der Waals surface area contributed by atoms with E-state index in [0.717, 1.165) is 4.31 Å². The topological polar surface area (TPSA) is 110 Å². The van der Waals surface area contributed by atoms with E-state index in [2.05, 4.69) is 5.32 Å². The van der Waals surface area contributed by atoms with Gasteiger partial charge in [-0.2, -0.15) is 0 Å². The largest absolute Gasteiger partial charge is 0.366 e. The minimum atomic E-state index is -3.99. The zero-order chi connectivity index (χ0) is 21.5. The van der Waals surface area contributed by atoms with Crippen LogP contribution in [0.15, 0.2) is 71.6 Å². The second kappa shape index (κ2) is 7.47. The number of fused-ring (bicyclic) bond motifs is 3. The van der Waals surface area contributed by atoms with E-state index < -0.39 is 28.4 Å². The lowest BCUT2D eigenvalue weighted by Gasteiger charge is -2.31. The average molecular weight is 442 g/mol. The summed E-state index contributed by atoms with van der Waals surface area (Å²) in [6.07, 6.45) is 0. The second-order valence-electron chi connectivity index (χ2n) is 6.63. The van der Waals surface area contributed by atoms with Crippen LogP contribution in [0.3, 0.4) is 0 Å². The first-order valence-corrected chi connectivity index (χ1v) is 10.7. The summed E-state index contributed by atoms with van der Waals surface area (Å²) in [4.78, 5) is 24.4. The Morgan fingerprint density at radius 2 is 1.67 bits per heavy atom. The van der Waals surface area contributed by atoms with Gasteiger partial charge in [0.05, 0.1) is 21.8 Å². The van der Waals surface area contributed by atoms with Crippen LogP contribution >= 0.6 is 11.6 Å². The first kappa shape index (κ1) is 19.9. The normalized spacial score (nSPS) is 13.8. The molecule has 0 saturated heterocycles. The molecule has 1 heterocycles. The van der Waals surface area contributed by atoms with Crippen LogP contribution in [0.25, 0.3) is 11.1 Å². The molecule has 0 saturated carbocycles. The van der Waals surface area contributed by atoms with Gasteiger partial charge < -0.3 is 11.1 Å². The number of nitrogens with two attached hydrogens (primary N) is 1. The smallest absolute Gasteiger partial charge is 0.265 e. The number of benzene rings is 3. The third-order valence-electron chi connectivity index (χ3n) is 4.73. The lowest BCUT2D eigenvalue weighted by Crippen LogP contribution is -2.40. The minimum Gasteiger partial charge on any atom is -0.366 e. The Kier molecular flexibility index (Phi) is 4.97. The Bertz CT molecular complexity index is 1290. The van der Waals surface area contributed by atoms with Crippen LogP contribution in [0.2, 0.25) is 5.02 Å². The number of nitrogens with zero attached hydrogens (tertiary/aromatic N) is 1. The van der Waals surface area contributed by atoms with Crippen LogP contribution in [0.4, 0.5) is 11.4 Å². The number of hydrogen-bond acceptors (Lipinski definition) is 4. The number of carbonyl (C=O) groups is 2. The molecule has 3 N–H and O–H groups in total. The second-order valence-corrected chi connectivity index (χ2v) is 8.89. The molecule has 152 valence electrons. The predicted octanol–water partition coefficient (Wildman–Crippen LogP) is 3.25. The van der Waals surface area contributed by atoms with Crippen LogP contribution in [0.1, 0.15) is 10.4 Å². The summed E-state index contributed by atoms with van der Waals surface area (Å²) in [5.41, 5.74) is 7.15. The molecule has 30 heavy (non-hydrogen) atoms. The fraction of sp³-hybridized carbons (Fsp3) is 0.0476. The highest BCUT2D eigenvalue weighted by Crippen LogP contribution is 2.43. The Morgan fingerprint density at radius 3 is 2.43 bits per heavy atom. The molecule has 7 nitrogen and oxygen atoms in total. The van der Waals surface area contributed by atoms with Gasteiger partial charge in [-0.05, 0) is 36.4 Å². The highest BCUT2D eigenvalue weighted by atomic mass is 35.5. The van der Waals surface area contributed by atoms with Crippen molar-refractivity contribution < 1.29 is 18.0 Å². The highest BCUT2D eigenvalue weighted by Gasteiger charge is 2.36. The molecule has 1 aliphatic heterocycles. The van der Waals surface area contributed by atoms with E-state index in [1.165, 1.54) is 18.2 Å². The van der Waals surface area contributed by atoms with E-state index in [4.69, 9.17) is 17.3 Å². The van der Waals surface area contributed by atoms with Crippen molar-refractivity contribution in [3.05, 3.63) is 77.3 Å². The maximum Gasteiger partial charge on any atom is 0.265 e. The Hall–Kier alpha value is -3.36. The summed E-state index contributed by atoms with van der Waals surface area (Å²) < 4.78 is 27.5. The highest BCUT2D eigenvalue weighted by molar-refractivity contribution is 7.93. The number of halogens is 1. The lowest BCUT2D eigenvalue weighted by molar-refractivity contribution is -0.114. The van der Waals surface area contributed by atoms with Gasteiger partial charge in [0.25, 0.3) is 15.9 Å². The zero-order valence-corrected chi connectivity index (χ0v) is 17.1. The van der Waals surface area contributed by atoms with E-state index in [1.54, 1.807) is 48.5 Å². The van der Waals surface area contributed by atoms with Crippen LogP contribution in [-0.4, -0.2) is 26.8 Å². The molecule has 0 spiro atoms. The number of sulfonamides is 1. The number of amides is 2. The molecule has 0 aliphatic carbocycles. The van der Waals surface area contributed by atoms with Crippen molar-refractivity contribution in [2.45, 2.75) is 4.90 Å². The van der Waals surface area contributed by atoms with Crippen LogP contribution < -0.4 is 15.4 Å². The molecule has 1 aliphatic rings. The maximum atomic E-state index is 13.3. The zero-order valence-electron chi connectivity index (χ0n) is 15.5. The third-order valence-corrected chi connectivity index (χ3v) is 6.78. The number of anilines is 2. The molecule has 0 unspecified atom stereocenters. The van der Waals surface area contributed by atoms with Gasteiger partial charge in [-0.25, -0.2) is 8.42 Å². The molecular formula is C21H16ClN3O4S. The number of hydrogen-bond donors (Lipinski definition) is 2. The quantitative estimate of drug-likeness (QED) is 0.647. The molecule has 3 aromatic rings. The summed E-state index contributed by atoms with van der Waals surface area (Å²) >= 11 is 6.13. The number of carbonyl (C=O) groups excluding carboxylic acids is 2. The van der Waals surface area contributed by atoms with Crippen molar-refractivity contribution in [3.8, 4) is 11.1 Å². The standard InChI is InChI=1S/C21H16ClN3O4S/c22-13-9-10-18-16(11-13)14-5-2-4-8-19(14)30(28,29)25(18)12-20(26)24-17-7-3-1-6-15(17)21(23)27/h1-11H,12H2,(H2,23,27)(H,24,26). The monoisotopic (exact) mass is 441 g/mol. The van der Waals surface area contributed by atoms with E-state index in [-0.39, 0.29) is 16.1 Å². The van der Waals surface area contributed by atoms with Gasteiger partial charge in [0, 0.05) is 16.1 Å². The molecule has 0 atom stereocenters. The van der Waals surface area contributed by atoms with Gasteiger partial charge in [-0.3, -0.25) is 13.9 Å². The van der Waals surface area contributed by atoms with Crippen LogP contribution in [0.5, 0.6) is 0 Å². The Balaban J connectivity index is 1.73. The summed E-state index contributed by atoms with van der Waals surface area (Å²) in [6.45, 7) is -0.488. The molecule has 4 rings (SSSR count). The van der Waals surface area contributed by atoms with Gasteiger partial charge in [-0.1, -0.05) is 41.9 Å². The van der Waals surface area contributed by atoms with Gasteiger partial charge in [0.1, 0.15) is 6.54 Å². The van der Waals surface area contributed by atoms with Crippen LogP contribution in [0, 0.1) is 0 Å². The van der Waals surface area contributed by atoms with Gasteiger partial charge in [-0.15, -0.1) is 0 Å². The third kappa shape index (κ3) is 3.40. The van der Waals surface area contributed by atoms with E-state index in [9.17, 15) is 18.0 Å². The Morgan fingerprint density at radius 1 is 0.967 bits per heavy atom. The van der Waals surface area contributed by atoms with Crippen molar-refractivity contribution >= 4 is 44.8 Å². The summed E-state index contributed by atoms with van der Waals surface area (Å²) in [5.74, 6) is -1.32. The molecule has 0 aromatic heterocycles.